The van der Waals surface area contributed by atoms with Gasteiger partial charge in [-0.15, -0.1) is 0 Å². The zero-order valence-electron chi connectivity index (χ0n) is 17.5. The molecule has 0 radical (unpaired) electrons. The van der Waals surface area contributed by atoms with Gasteiger partial charge in [0.25, 0.3) is 0 Å². The van der Waals surface area contributed by atoms with E-state index in [-0.39, 0.29) is 0 Å². The lowest BCUT2D eigenvalue weighted by Gasteiger charge is -2.33. The first-order valence-electron chi connectivity index (χ1n) is 11.2. The zero-order chi connectivity index (χ0) is 17.5. The summed E-state index contributed by atoms with van der Waals surface area (Å²) in [5, 5.41) is 0. The van der Waals surface area contributed by atoms with Gasteiger partial charge in [0.2, 0.25) is 0 Å². The third-order valence-corrected chi connectivity index (χ3v) is 6.27. The molecule has 0 aromatic heterocycles. The van der Waals surface area contributed by atoms with Gasteiger partial charge in [-0.3, -0.25) is 0 Å². The Morgan fingerprint density at radius 2 is 1.09 bits per heavy atom. The molecule has 0 heteroatoms. The van der Waals surface area contributed by atoms with Crippen LogP contribution in [0.25, 0.3) is 0 Å². The van der Waals surface area contributed by atoms with Crippen LogP contribution in [0, 0.1) is 23.7 Å². The van der Waals surface area contributed by atoms with Crippen LogP contribution in [-0.2, 0) is 0 Å². The van der Waals surface area contributed by atoms with Crippen molar-refractivity contribution >= 4 is 0 Å². The Balaban J connectivity index is 4.55. The van der Waals surface area contributed by atoms with Crippen molar-refractivity contribution in [1.29, 1.82) is 0 Å². The van der Waals surface area contributed by atoms with E-state index in [1.54, 1.807) is 0 Å². The molecule has 0 saturated heterocycles. The lowest BCUT2D eigenvalue weighted by Crippen LogP contribution is -2.23. The molecular weight excluding hydrogens is 276 g/mol. The molecule has 0 bridgehead atoms. The van der Waals surface area contributed by atoms with Crippen LogP contribution in [-0.4, -0.2) is 0 Å². The van der Waals surface area contributed by atoms with E-state index >= 15 is 0 Å². The topological polar surface area (TPSA) is 0 Å². The average molecular weight is 325 g/mol. The summed E-state index contributed by atoms with van der Waals surface area (Å²) in [7, 11) is 0. The highest BCUT2D eigenvalue weighted by Crippen LogP contribution is 2.36. The highest BCUT2D eigenvalue weighted by atomic mass is 14.3. The first-order chi connectivity index (χ1) is 11.2. The van der Waals surface area contributed by atoms with Crippen LogP contribution in [0.2, 0.25) is 0 Å². The SMILES string of the molecule is CCCCC(CC)CCCC(CCC)C(CCC)C(CC)CC. The van der Waals surface area contributed by atoms with Crippen LogP contribution in [0.5, 0.6) is 0 Å². The van der Waals surface area contributed by atoms with Crippen molar-refractivity contribution in [1.82, 2.24) is 0 Å². The first-order valence-corrected chi connectivity index (χ1v) is 11.2. The van der Waals surface area contributed by atoms with Crippen molar-refractivity contribution in [2.24, 2.45) is 23.7 Å². The summed E-state index contributed by atoms with van der Waals surface area (Å²) in [5.41, 5.74) is 0. The lowest BCUT2D eigenvalue weighted by atomic mass is 9.72. The van der Waals surface area contributed by atoms with Gasteiger partial charge in [0.15, 0.2) is 0 Å². The Morgan fingerprint density at radius 3 is 1.57 bits per heavy atom. The maximum atomic E-state index is 2.41. The molecule has 0 aromatic rings. The van der Waals surface area contributed by atoms with Crippen LogP contribution in [0.4, 0.5) is 0 Å². The van der Waals surface area contributed by atoms with Crippen molar-refractivity contribution in [3.05, 3.63) is 0 Å². The van der Waals surface area contributed by atoms with E-state index in [0.717, 1.165) is 23.7 Å². The molecule has 3 unspecified atom stereocenters. The summed E-state index contributed by atoms with van der Waals surface area (Å²) in [4.78, 5) is 0. The second-order valence-electron chi connectivity index (χ2n) is 7.93. The van der Waals surface area contributed by atoms with Crippen LogP contribution in [0.15, 0.2) is 0 Å². The standard InChI is InChI=1S/C23H48/c1-7-13-17-20(10-4)18-14-19-22(15-8-2)23(16-9-3)21(11-5)12-6/h20-23H,7-19H2,1-6H3. The van der Waals surface area contributed by atoms with Gasteiger partial charge in [0.1, 0.15) is 0 Å². The fourth-order valence-corrected chi connectivity index (χ4v) is 4.74. The molecule has 3 atom stereocenters. The molecule has 0 aliphatic heterocycles. The fourth-order valence-electron chi connectivity index (χ4n) is 4.74. The molecule has 0 spiro atoms. The minimum Gasteiger partial charge on any atom is -0.0654 e. The summed E-state index contributed by atoms with van der Waals surface area (Å²) < 4.78 is 0. The molecule has 0 aliphatic rings. The molecule has 0 aromatic carbocycles. The van der Waals surface area contributed by atoms with Crippen molar-refractivity contribution in [2.45, 2.75) is 125 Å². The van der Waals surface area contributed by atoms with Gasteiger partial charge < -0.3 is 0 Å². The molecule has 0 amide bonds. The summed E-state index contributed by atoms with van der Waals surface area (Å²) in [6, 6.07) is 0. The van der Waals surface area contributed by atoms with Crippen LogP contribution >= 0.6 is 0 Å². The second kappa shape index (κ2) is 15.5. The molecule has 0 saturated carbocycles. The number of hydrogen-bond donors (Lipinski definition) is 0. The van der Waals surface area contributed by atoms with E-state index in [1.807, 2.05) is 0 Å². The van der Waals surface area contributed by atoms with Gasteiger partial charge in [-0.05, 0) is 23.7 Å². The maximum absolute atomic E-state index is 2.41. The third-order valence-electron chi connectivity index (χ3n) is 6.27. The molecular formula is C23H48. The number of hydrogen-bond acceptors (Lipinski definition) is 0. The molecule has 140 valence electrons. The Morgan fingerprint density at radius 1 is 0.478 bits per heavy atom. The van der Waals surface area contributed by atoms with Crippen LogP contribution < -0.4 is 0 Å². The average Bonchev–Trinajstić information content (AvgIpc) is 2.57. The molecule has 0 N–H and O–H groups in total. The van der Waals surface area contributed by atoms with Crippen LogP contribution in [0.1, 0.15) is 125 Å². The Kier molecular flexibility index (Phi) is 15.5. The van der Waals surface area contributed by atoms with Gasteiger partial charge in [-0.1, -0.05) is 125 Å². The van der Waals surface area contributed by atoms with Gasteiger partial charge in [-0.2, -0.15) is 0 Å². The molecule has 0 aliphatic carbocycles. The smallest absolute Gasteiger partial charge is 0.0358 e. The minimum atomic E-state index is 0.966. The third kappa shape index (κ3) is 9.78. The molecule has 0 nitrogen and oxygen atoms in total. The maximum Gasteiger partial charge on any atom is -0.0358 e. The molecule has 0 fully saturated rings. The summed E-state index contributed by atoms with van der Waals surface area (Å²) in [5.74, 6) is 3.95. The van der Waals surface area contributed by atoms with Crippen molar-refractivity contribution in [3.8, 4) is 0 Å². The van der Waals surface area contributed by atoms with E-state index in [2.05, 4.69) is 41.5 Å². The number of rotatable bonds is 16. The number of unbranched alkanes of at least 4 members (excludes halogenated alkanes) is 1. The first kappa shape index (κ1) is 23.0. The predicted octanol–water partition coefficient (Wildman–Crippen LogP) is 8.64. The zero-order valence-corrected chi connectivity index (χ0v) is 17.5. The summed E-state index contributed by atoms with van der Waals surface area (Å²) >= 11 is 0. The van der Waals surface area contributed by atoms with E-state index < -0.39 is 0 Å². The Labute approximate surface area is 149 Å². The van der Waals surface area contributed by atoms with Crippen LogP contribution in [0.3, 0.4) is 0 Å². The van der Waals surface area contributed by atoms with Crippen molar-refractivity contribution in [2.75, 3.05) is 0 Å². The monoisotopic (exact) mass is 324 g/mol. The lowest BCUT2D eigenvalue weighted by molar-refractivity contribution is 0.172. The molecule has 23 heavy (non-hydrogen) atoms. The predicted molar refractivity (Wildman–Crippen MR) is 108 cm³/mol. The quantitative estimate of drug-likeness (QED) is 0.266. The minimum absolute atomic E-state index is 0.966. The molecule has 0 rings (SSSR count). The van der Waals surface area contributed by atoms with Gasteiger partial charge in [0.05, 0.1) is 0 Å². The van der Waals surface area contributed by atoms with E-state index in [9.17, 15) is 0 Å². The summed E-state index contributed by atoms with van der Waals surface area (Å²) in [6.07, 6.45) is 18.6. The van der Waals surface area contributed by atoms with E-state index in [4.69, 9.17) is 0 Å². The van der Waals surface area contributed by atoms with Gasteiger partial charge in [0, 0.05) is 0 Å². The summed E-state index contributed by atoms with van der Waals surface area (Å²) in [6.45, 7) is 14.3. The highest BCUT2D eigenvalue weighted by molar-refractivity contribution is 4.76. The molecule has 0 heterocycles. The Bertz CT molecular complexity index is 228. The highest BCUT2D eigenvalue weighted by Gasteiger charge is 2.26. The normalized spacial score (nSPS) is 15.8. The van der Waals surface area contributed by atoms with Crippen molar-refractivity contribution in [3.63, 3.8) is 0 Å². The van der Waals surface area contributed by atoms with E-state index in [1.165, 1.54) is 83.5 Å². The van der Waals surface area contributed by atoms with Gasteiger partial charge in [-0.25, -0.2) is 0 Å². The second-order valence-corrected chi connectivity index (χ2v) is 7.93. The van der Waals surface area contributed by atoms with Crippen molar-refractivity contribution < 1.29 is 0 Å². The Hall–Kier alpha value is 0. The largest absolute Gasteiger partial charge is 0.0654 e. The fraction of sp³-hybridized carbons (Fsp3) is 1.00. The van der Waals surface area contributed by atoms with Gasteiger partial charge >= 0.3 is 0 Å². The van der Waals surface area contributed by atoms with E-state index in [0.29, 0.717) is 0 Å².